The van der Waals surface area contributed by atoms with Gasteiger partial charge in [0.15, 0.2) is 0 Å². The molecule has 38 heavy (non-hydrogen) atoms. The van der Waals surface area contributed by atoms with E-state index in [9.17, 15) is 9.46 Å². The summed E-state index contributed by atoms with van der Waals surface area (Å²) in [5, 5.41) is 4.73. The van der Waals surface area contributed by atoms with Gasteiger partial charge in [0.2, 0.25) is 7.37 Å². The minimum absolute atomic E-state index is 0.128. The quantitative estimate of drug-likeness (QED) is 0.188. The molecule has 1 unspecified atom stereocenters. The minimum atomic E-state index is -4.67. The van der Waals surface area contributed by atoms with Crippen LogP contribution in [0.1, 0.15) is 29.7 Å². The van der Waals surface area contributed by atoms with Crippen LogP contribution in [0.15, 0.2) is 103 Å². The maximum absolute atomic E-state index is 14.8. The predicted molar refractivity (Wildman–Crippen MR) is 152 cm³/mol. The van der Waals surface area contributed by atoms with Crippen molar-refractivity contribution in [1.82, 2.24) is 5.32 Å². The van der Waals surface area contributed by atoms with E-state index in [0.29, 0.717) is 5.30 Å². The van der Waals surface area contributed by atoms with Crippen LogP contribution in [-0.2, 0) is 20.1 Å². The minimum Gasteiger partial charge on any atom is -0.340 e. The highest BCUT2D eigenvalue weighted by atomic mass is 32.3. The number of hydrogen-bond acceptors (Lipinski definition) is 4. The fourth-order valence-corrected chi connectivity index (χ4v) is 7.90. The molecule has 5 rings (SSSR count). The molecule has 0 saturated heterocycles. The van der Waals surface area contributed by atoms with Crippen molar-refractivity contribution in [1.29, 1.82) is 0 Å². The fourth-order valence-electron chi connectivity index (χ4n) is 5.42. The van der Waals surface area contributed by atoms with Crippen molar-refractivity contribution in [3.8, 4) is 0 Å². The molecule has 0 spiro atoms. The Balaban J connectivity index is 0.000000617. The highest BCUT2D eigenvalue weighted by Gasteiger charge is 2.55. The SMILES string of the molecule is CN[C@@H](c1ccccc1)[C@H]1C=Cc2ccccc2[C@@]1(C)P(=O)(O)c1cccc2ccccc12.O=S(=O)(O)O. The highest BCUT2D eigenvalue weighted by molar-refractivity contribution is 7.79. The Morgan fingerprint density at radius 3 is 2.13 bits per heavy atom. The molecule has 1 aliphatic rings. The summed E-state index contributed by atoms with van der Waals surface area (Å²) in [4.78, 5) is 12.2. The number of nitrogens with one attached hydrogen (secondary N) is 1. The molecule has 0 aliphatic heterocycles. The lowest BCUT2D eigenvalue weighted by atomic mass is 9.74. The van der Waals surface area contributed by atoms with Crippen LogP contribution in [0.4, 0.5) is 0 Å². The molecular weight excluding hydrogens is 521 g/mol. The lowest BCUT2D eigenvalue weighted by molar-refractivity contribution is 0.326. The summed E-state index contributed by atoms with van der Waals surface area (Å²) in [7, 11) is -6.69. The van der Waals surface area contributed by atoms with Gasteiger partial charge < -0.3 is 10.2 Å². The Morgan fingerprint density at radius 1 is 0.868 bits per heavy atom. The van der Waals surface area contributed by atoms with Gasteiger partial charge in [-0.1, -0.05) is 103 Å². The molecule has 0 aromatic heterocycles. The van der Waals surface area contributed by atoms with Gasteiger partial charge in [-0.2, -0.15) is 8.42 Å². The maximum Gasteiger partial charge on any atom is 0.394 e. The molecule has 4 aromatic carbocycles. The third kappa shape index (κ3) is 5.38. The van der Waals surface area contributed by atoms with Crippen LogP contribution in [-0.4, -0.2) is 29.5 Å². The summed E-state index contributed by atoms with van der Waals surface area (Å²) >= 11 is 0. The molecule has 9 heteroatoms. The van der Waals surface area contributed by atoms with E-state index >= 15 is 0 Å². The molecule has 0 saturated carbocycles. The highest BCUT2D eigenvalue weighted by Crippen LogP contribution is 2.67. The van der Waals surface area contributed by atoms with Crippen molar-refractivity contribution < 1.29 is 27.0 Å². The van der Waals surface area contributed by atoms with Gasteiger partial charge in [-0.25, -0.2) is 0 Å². The fraction of sp³-hybridized carbons (Fsp3) is 0.172. The second-order valence-electron chi connectivity index (χ2n) is 9.32. The van der Waals surface area contributed by atoms with Crippen molar-refractivity contribution in [3.05, 3.63) is 120 Å². The van der Waals surface area contributed by atoms with Crippen molar-refractivity contribution in [2.24, 2.45) is 5.92 Å². The molecular formula is C29H30NO6PS. The first-order valence-electron chi connectivity index (χ1n) is 12.0. The van der Waals surface area contributed by atoms with Gasteiger partial charge in [-0.3, -0.25) is 13.7 Å². The van der Waals surface area contributed by atoms with Crippen LogP contribution >= 0.6 is 7.37 Å². The zero-order valence-corrected chi connectivity index (χ0v) is 22.7. The van der Waals surface area contributed by atoms with Crippen LogP contribution in [0, 0.1) is 5.92 Å². The molecule has 0 amide bonds. The van der Waals surface area contributed by atoms with E-state index in [1.54, 1.807) is 0 Å². The van der Waals surface area contributed by atoms with E-state index in [4.69, 9.17) is 17.5 Å². The lowest BCUT2D eigenvalue weighted by Gasteiger charge is -2.46. The standard InChI is InChI=1S/C29H28NO2P.H2O4S/c1-29(33(31,32)27-18-10-15-21-11-6-8-16-24(21)27)25-17-9-7-12-22(25)19-20-26(29)28(30-2)23-13-4-3-5-14-23;1-5(2,3)4/h3-20,26,28,30H,1-2H3,(H,31,32);(H2,1,2,3,4)/t26-,28+,29-;/m1./s1. The molecule has 0 fully saturated rings. The lowest BCUT2D eigenvalue weighted by Crippen LogP contribution is -2.43. The summed E-state index contributed by atoms with van der Waals surface area (Å²) in [5.74, 6) is -0.241. The van der Waals surface area contributed by atoms with Crippen molar-refractivity contribution in [3.63, 3.8) is 0 Å². The number of hydrogen-bond donors (Lipinski definition) is 4. The Hall–Kier alpha value is -3.10. The third-order valence-electron chi connectivity index (χ3n) is 7.19. The third-order valence-corrected chi connectivity index (χ3v) is 10.0. The molecule has 0 bridgehead atoms. The average Bonchev–Trinajstić information content (AvgIpc) is 2.89. The summed E-state index contributed by atoms with van der Waals surface area (Å²) in [5.41, 5.74) is 3.00. The Kier molecular flexibility index (Phi) is 8.04. The van der Waals surface area contributed by atoms with Crippen LogP contribution in [0.25, 0.3) is 16.8 Å². The van der Waals surface area contributed by atoms with E-state index < -0.39 is 22.9 Å². The van der Waals surface area contributed by atoms with Gasteiger partial charge in [0.05, 0.1) is 5.16 Å². The topological polar surface area (TPSA) is 124 Å². The number of fused-ring (bicyclic) bond motifs is 2. The van der Waals surface area contributed by atoms with Crippen molar-refractivity contribution >= 4 is 39.9 Å². The zero-order chi connectivity index (χ0) is 27.6. The molecule has 0 radical (unpaired) electrons. The number of benzene rings is 4. The van der Waals surface area contributed by atoms with E-state index in [0.717, 1.165) is 27.5 Å². The van der Waals surface area contributed by atoms with E-state index in [1.165, 1.54) is 0 Å². The predicted octanol–water partition coefficient (Wildman–Crippen LogP) is 5.60. The first-order chi connectivity index (χ1) is 18.0. The second-order valence-corrected chi connectivity index (χ2v) is 12.8. The largest absolute Gasteiger partial charge is 0.394 e. The normalized spacial score (nSPS) is 21.0. The summed E-state index contributed by atoms with van der Waals surface area (Å²) in [6.07, 6.45) is 4.21. The van der Waals surface area contributed by atoms with Crippen molar-refractivity contribution in [2.75, 3.05) is 7.05 Å². The van der Waals surface area contributed by atoms with Crippen LogP contribution < -0.4 is 10.6 Å². The van der Waals surface area contributed by atoms with Crippen LogP contribution in [0.5, 0.6) is 0 Å². The van der Waals surface area contributed by atoms with Gasteiger partial charge in [-0.05, 0) is 47.5 Å². The molecule has 4 aromatic rings. The smallest absolute Gasteiger partial charge is 0.340 e. The molecule has 7 nitrogen and oxygen atoms in total. The molecule has 4 atom stereocenters. The van der Waals surface area contributed by atoms with Crippen molar-refractivity contribution in [2.45, 2.75) is 18.1 Å². The van der Waals surface area contributed by atoms with Gasteiger partial charge in [0, 0.05) is 17.3 Å². The second kappa shape index (κ2) is 10.9. The average molecular weight is 552 g/mol. The Labute approximate surface area is 222 Å². The maximum atomic E-state index is 14.8. The van der Waals surface area contributed by atoms with E-state index in [2.05, 4.69) is 29.6 Å². The van der Waals surface area contributed by atoms with Crippen LogP contribution in [0.3, 0.4) is 0 Å². The summed E-state index contributed by atoms with van der Waals surface area (Å²) in [6.45, 7) is 1.97. The first-order valence-corrected chi connectivity index (χ1v) is 15.0. The Bertz CT molecular complexity index is 1610. The zero-order valence-electron chi connectivity index (χ0n) is 21.0. The van der Waals surface area contributed by atoms with E-state index in [1.807, 2.05) is 98.9 Å². The van der Waals surface area contributed by atoms with Gasteiger partial charge in [0.25, 0.3) is 0 Å². The molecule has 1 aliphatic carbocycles. The van der Waals surface area contributed by atoms with Crippen LogP contribution in [0.2, 0.25) is 0 Å². The summed E-state index contributed by atoms with van der Waals surface area (Å²) < 4.78 is 46.4. The van der Waals surface area contributed by atoms with Gasteiger partial charge >= 0.3 is 10.4 Å². The molecule has 0 heterocycles. The van der Waals surface area contributed by atoms with Gasteiger partial charge in [-0.15, -0.1) is 0 Å². The summed E-state index contributed by atoms with van der Waals surface area (Å²) in [6, 6.07) is 31.6. The molecule has 4 N–H and O–H groups in total. The first kappa shape index (κ1) is 27.9. The Morgan fingerprint density at radius 2 is 1.45 bits per heavy atom. The number of rotatable bonds is 5. The van der Waals surface area contributed by atoms with E-state index in [-0.39, 0.29) is 12.0 Å². The van der Waals surface area contributed by atoms with Gasteiger partial charge in [0.1, 0.15) is 0 Å². The molecule has 198 valence electrons. The monoisotopic (exact) mass is 551 g/mol.